The lowest BCUT2D eigenvalue weighted by Gasteiger charge is -2.07. The first-order valence-corrected chi connectivity index (χ1v) is 7.38. The lowest BCUT2D eigenvalue weighted by molar-refractivity contribution is -0.385. The topological polar surface area (TPSA) is 94.6 Å². The average molecular weight is 374 g/mol. The van der Waals surface area contributed by atoms with Crippen LogP contribution in [0.25, 0.3) is 5.69 Å². The van der Waals surface area contributed by atoms with Crippen molar-refractivity contribution in [2.45, 2.75) is 0 Å². The monoisotopic (exact) mass is 373 g/mol. The standard InChI is InChI=1S/C17H15N5O3.ClH/c1-25-16-7-4-13(5-8-16)21-10-2-3-14(21)12-19-20-17-9-6-15(11-18-17)22(23)24;/h2-12H,1H3,(H,18,20);1H. The van der Waals surface area contributed by atoms with Gasteiger partial charge in [0.15, 0.2) is 0 Å². The van der Waals surface area contributed by atoms with Crippen molar-refractivity contribution in [3.05, 3.63) is 76.7 Å². The van der Waals surface area contributed by atoms with Gasteiger partial charge in [0, 0.05) is 18.0 Å². The number of nitro groups is 1. The molecule has 1 aromatic carbocycles. The second-order valence-electron chi connectivity index (χ2n) is 5.03. The van der Waals surface area contributed by atoms with E-state index in [0.717, 1.165) is 17.1 Å². The van der Waals surface area contributed by atoms with Gasteiger partial charge in [-0.15, -0.1) is 12.4 Å². The zero-order valence-corrected chi connectivity index (χ0v) is 14.6. The summed E-state index contributed by atoms with van der Waals surface area (Å²) in [6.45, 7) is 0. The quantitative estimate of drug-likeness (QED) is 0.404. The van der Waals surface area contributed by atoms with E-state index in [4.69, 9.17) is 4.74 Å². The van der Waals surface area contributed by atoms with Crippen molar-refractivity contribution in [3.63, 3.8) is 0 Å². The van der Waals surface area contributed by atoms with Gasteiger partial charge < -0.3 is 9.30 Å². The Morgan fingerprint density at radius 2 is 2.00 bits per heavy atom. The van der Waals surface area contributed by atoms with Gasteiger partial charge >= 0.3 is 0 Å². The molecule has 0 saturated carbocycles. The lowest BCUT2D eigenvalue weighted by Crippen LogP contribution is -2.00. The molecular formula is C17H16ClN5O3. The van der Waals surface area contributed by atoms with Crippen molar-refractivity contribution >= 4 is 30.1 Å². The van der Waals surface area contributed by atoms with Crippen molar-refractivity contribution < 1.29 is 9.66 Å². The Kier molecular flexibility index (Phi) is 6.29. The predicted molar refractivity (Wildman–Crippen MR) is 102 cm³/mol. The highest BCUT2D eigenvalue weighted by atomic mass is 35.5. The number of aromatic nitrogens is 2. The van der Waals surface area contributed by atoms with Gasteiger partial charge in [0.25, 0.3) is 5.69 Å². The van der Waals surface area contributed by atoms with Gasteiger partial charge in [0.1, 0.15) is 17.8 Å². The molecule has 134 valence electrons. The number of halogens is 1. The molecule has 0 bridgehead atoms. The Balaban J connectivity index is 0.00000243. The van der Waals surface area contributed by atoms with Crippen molar-refractivity contribution in [2.75, 3.05) is 12.5 Å². The molecule has 0 aliphatic heterocycles. The maximum Gasteiger partial charge on any atom is 0.287 e. The molecule has 2 heterocycles. The maximum absolute atomic E-state index is 10.6. The summed E-state index contributed by atoms with van der Waals surface area (Å²) in [6.07, 6.45) is 4.75. The molecule has 3 rings (SSSR count). The van der Waals surface area contributed by atoms with Crippen LogP contribution in [0.3, 0.4) is 0 Å². The highest BCUT2D eigenvalue weighted by Gasteiger charge is 2.05. The number of benzene rings is 1. The number of anilines is 1. The molecule has 9 heteroatoms. The van der Waals surface area contributed by atoms with Crippen LogP contribution in [0.15, 0.2) is 66.0 Å². The molecule has 0 spiro atoms. The van der Waals surface area contributed by atoms with Crippen LogP contribution in [0.1, 0.15) is 5.69 Å². The third kappa shape index (κ3) is 4.37. The largest absolute Gasteiger partial charge is 0.497 e. The molecule has 0 unspecified atom stereocenters. The molecule has 0 atom stereocenters. The summed E-state index contributed by atoms with van der Waals surface area (Å²) in [5, 5.41) is 14.7. The summed E-state index contributed by atoms with van der Waals surface area (Å²) in [5.74, 6) is 1.21. The Labute approximate surface area is 155 Å². The molecule has 8 nitrogen and oxygen atoms in total. The van der Waals surface area contributed by atoms with Crippen LogP contribution in [0, 0.1) is 10.1 Å². The predicted octanol–water partition coefficient (Wildman–Crippen LogP) is 3.66. The number of hydrogen-bond donors (Lipinski definition) is 1. The Morgan fingerprint density at radius 1 is 1.23 bits per heavy atom. The van der Waals surface area contributed by atoms with Gasteiger partial charge in [-0.25, -0.2) is 4.98 Å². The Bertz CT molecular complexity index is 892. The Hall–Kier alpha value is -3.39. The third-order valence-electron chi connectivity index (χ3n) is 3.47. The van der Waals surface area contributed by atoms with E-state index in [9.17, 15) is 10.1 Å². The molecule has 0 aliphatic carbocycles. The minimum atomic E-state index is -0.498. The van der Waals surface area contributed by atoms with E-state index < -0.39 is 4.92 Å². The molecule has 0 aliphatic rings. The smallest absolute Gasteiger partial charge is 0.287 e. The van der Waals surface area contributed by atoms with Gasteiger partial charge in [0.05, 0.1) is 23.9 Å². The van der Waals surface area contributed by atoms with Crippen molar-refractivity contribution in [2.24, 2.45) is 5.10 Å². The van der Waals surface area contributed by atoms with Crippen LogP contribution < -0.4 is 10.2 Å². The van der Waals surface area contributed by atoms with Crippen molar-refractivity contribution in [1.82, 2.24) is 9.55 Å². The van der Waals surface area contributed by atoms with E-state index in [0.29, 0.717) is 5.82 Å². The summed E-state index contributed by atoms with van der Waals surface area (Å²) in [6, 6.07) is 14.4. The molecule has 0 saturated heterocycles. The molecule has 0 radical (unpaired) electrons. The second-order valence-corrected chi connectivity index (χ2v) is 5.03. The fraction of sp³-hybridized carbons (Fsp3) is 0.0588. The first-order chi connectivity index (χ1) is 12.2. The normalized spacial score (nSPS) is 10.3. The van der Waals surface area contributed by atoms with E-state index in [2.05, 4.69) is 15.5 Å². The molecule has 2 aromatic heterocycles. The SMILES string of the molecule is COc1ccc(-n2cccc2C=NNc2ccc([N+](=O)[O-])cn2)cc1.Cl. The second kappa shape index (κ2) is 8.63. The van der Waals surface area contributed by atoms with Crippen LogP contribution >= 0.6 is 12.4 Å². The first kappa shape index (κ1) is 18.9. The van der Waals surface area contributed by atoms with E-state index in [-0.39, 0.29) is 18.1 Å². The number of hydrogen-bond acceptors (Lipinski definition) is 6. The first-order valence-electron chi connectivity index (χ1n) is 7.38. The number of nitrogens with zero attached hydrogens (tertiary/aromatic N) is 4. The fourth-order valence-electron chi connectivity index (χ4n) is 2.20. The average Bonchev–Trinajstić information content (AvgIpc) is 3.11. The summed E-state index contributed by atoms with van der Waals surface area (Å²) >= 11 is 0. The highest BCUT2D eigenvalue weighted by molar-refractivity contribution is 5.85. The van der Waals surface area contributed by atoms with Crippen LogP contribution in [-0.4, -0.2) is 27.8 Å². The summed E-state index contributed by atoms with van der Waals surface area (Å²) < 4.78 is 7.13. The van der Waals surface area contributed by atoms with Crippen molar-refractivity contribution in [1.29, 1.82) is 0 Å². The minimum absolute atomic E-state index is 0. The number of methoxy groups -OCH3 is 1. The van der Waals surface area contributed by atoms with Gasteiger partial charge in [-0.05, 0) is 42.5 Å². The summed E-state index contributed by atoms with van der Waals surface area (Å²) in [5.41, 5.74) is 4.52. The number of nitrogens with one attached hydrogen (secondary N) is 1. The van der Waals surface area contributed by atoms with Crippen LogP contribution in [-0.2, 0) is 0 Å². The molecule has 0 fully saturated rings. The molecule has 0 amide bonds. The summed E-state index contributed by atoms with van der Waals surface area (Å²) in [7, 11) is 1.63. The van der Waals surface area contributed by atoms with Gasteiger partial charge in [-0.3, -0.25) is 15.5 Å². The highest BCUT2D eigenvalue weighted by Crippen LogP contribution is 2.17. The number of ether oxygens (including phenoxy) is 1. The molecular weight excluding hydrogens is 358 g/mol. The maximum atomic E-state index is 10.6. The van der Waals surface area contributed by atoms with E-state index >= 15 is 0 Å². The van der Waals surface area contributed by atoms with E-state index in [1.807, 2.05) is 47.2 Å². The van der Waals surface area contributed by atoms with Crippen molar-refractivity contribution in [3.8, 4) is 11.4 Å². The fourth-order valence-corrected chi connectivity index (χ4v) is 2.20. The van der Waals surface area contributed by atoms with E-state index in [1.54, 1.807) is 13.3 Å². The zero-order valence-electron chi connectivity index (χ0n) is 13.8. The van der Waals surface area contributed by atoms with Gasteiger partial charge in [-0.2, -0.15) is 5.10 Å². The van der Waals surface area contributed by atoms with Crippen LogP contribution in [0.4, 0.5) is 11.5 Å². The number of rotatable bonds is 6. The number of pyridine rings is 1. The van der Waals surface area contributed by atoms with Crippen LogP contribution in [0.5, 0.6) is 5.75 Å². The third-order valence-corrected chi connectivity index (χ3v) is 3.47. The molecule has 1 N–H and O–H groups in total. The molecule has 26 heavy (non-hydrogen) atoms. The van der Waals surface area contributed by atoms with E-state index in [1.165, 1.54) is 18.3 Å². The van der Waals surface area contributed by atoms with Gasteiger partial charge in [-0.1, -0.05) is 0 Å². The molecule has 3 aromatic rings. The number of hydrazone groups is 1. The summed E-state index contributed by atoms with van der Waals surface area (Å²) in [4.78, 5) is 14.0. The van der Waals surface area contributed by atoms with Gasteiger partial charge in [0.2, 0.25) is 0 Å². The Morgan fingerprint density at radius 3 is 2.62 bits per heavy atom. The van der Waals surface area contributed by atoms with Crippen LogP contribution in [0.2, 0.25) is 0 Å². The lowest BCUT2D eigenvalue weighted by atomic mass is 10.3. The zero-order chi connectivity index (χ0) is 17.6. The minimum Gasteiger partial charge on any atom is -0.497 e.